The molecule has 2 nitrogen and oxygen atoms in total. The van der Waals surface area contributed by atoms with E-state index in [1.807, 2.05) is 18.2 Å². The Morgan fingerprint density at radius 2 is 2.17 bits per heavy atom. The van der Waals surface area contributed by atoms with Crippen LogP contribution in [-0.4, -0.2) is 0 Å². The topological polar surface area (TPSA) is 38.0 Å². The van der Waals surface area contributed by atoms with Crippen LogP contribution in [0.4, 0.5) is 11.4 Å². The molecule has 4 heteroatoms. The molecule has 0 spiro atoms. The van der Waals surface area contributed by atoms with Crippen molar-refractivity contribution in [3.05, 3.63) is 45.6 Å². The highest BCUT2D eigenvalue weighted by atomic mass is 35.5. The van der Waals surface area contributed by atoms with Gasteiger partial charge in [-0.3, -0.25) is 0 Å². The Bertz CT molecular complexity index is 497. The van der Waals surface area contributed by atoms with Crippen molar-refractivity contribution in [2.75, 3.05) is 11.1 Å². The first kappa shape index (κ1) is 13.2. The predicted octanol–water partition coefficient (Wildman–Crippen LogP) is 4.94. The average Bonchev–Trinajstić information content (AvgIpc) is 2.88. The maximum Gasteiger partial charge on any atom is 0.0739 e. The SMILES string of the molecule is CCCC(Nc1cccc(Cl)c1N)c1cccs1. The summed E-state index contributed by atoms with van der Waals surface area (Å²) < 4.78 is 0. The standard InChI is InChI=1S/C14H17ClN2S/c1-2-5-11(13-8-4-9-18-13)17-12-7-3-6-10(15)14(12)16/h3-4,6-9,11,17H,2,5,16H2,1H3. The van der Waals surface area contributed by atoms with Gasteiger partial charge in [0.1, 0.15) is 0 Å². The van der Waals surface area contributed by atoms with Gasteiger partial charge in [0.2, 0.25) is 0 Å². The lowest BCUT2D eigenvalue weighted by Gasteiger charge is -2.19. The van der Waals surface area contributed by atoms with Gasteiger partial charge in [-0.25, -0.2) is 0 Å². The Labute approximate surface area is 117 Å². The average molecular weight is 281 g/mol. The van der Waals surface area contributed by atoms with Crippen molar-refractivity contribution < 1.29 is 0 Å². The number of para-hydroxylation sites is 1. The van der Waals surface area contributed by atoms with Crippen molar-refractivity contribution in [1.29, 1.82) is 0 Å². The van der Waals surface area contributed by atoms with Crippen LogP contribution in [-0.2, 0) is 0 Å². The normalized spacial score (nSPS) is 12.3. The van der Waals surface area contributed by atoms with Gasteiger partial charge in [0.25, 0.3) is 0 Å². The Balaban J connectivity index is 2.21. The van der Waals surface area contributed by atoms with E-state index in [-0.39, 0.29) is 0 Å². The summed E-state index contributed by atoms with van der Waals surface area (Å²) in [5.41, 5.74) is 7.52. The molecule has 96 valence electrons. The van der Waals surface area contributed by atoms with Crippen LogP contribution in [0.3, 0.4) is 0 Å². The number of nitrogen functional groups attached to an aromatic ring is 1. The molecule has 0 aliphatic carbocycles. The quantitative estimate of drug-likeness (QED) is 0.762. The molecule has 0 aliphatic rings. The van der Waals surface area contributed by atoms with Crippen LogP contribution >= 0.6 is 22.9 Å². The fourth-order valence-corrected chi connectivity index (χ4v) is 2.90. The van der Waals surface area contributed by atoms with Gasteiger partial charge in [-0.2, -0.15) is 0 Å². The van der Waals surface area contributed by atoms with Gasteiger partial charge in [0, 0.05) is 4.88 Å². The lowest BCUT2D eigenvalue weighted by molar-refractivity contribution is 0.688. The van der Waals surface area contributed by atoms with Gasteiger partial charge < -0.3 is 11.1 Å². The Morgan fingerprint density at radius 1 is 1.33 bits per heavy atom. The maximum absolute atomic E-state index is 6.04. The molecular weight excluding hydrogens is 264 g/mol. The molecule has 18 heavy (non-hydrogen) atoms. The van der Waals surface area contributed by atoms with Gasteiger partial charge in [0.05, 0.1) is 22.4 Å². The monoisotopic (exact) mass is 280 g/mol. The lowest BCUT2D eigenvalue weighted by atomic mass is 10.1. The first-order valence-corrected chi connectivity index (χ1v) is 7.32. The van der Waals surface area contributed by atoms with Crippen molar-refractivity contribution >= 4 is 34.3 Å². The van der Waals surface area contributed by atoms with Crippen LogP contribution in [0.1, 0.15) is 30.7 Å². The Hall–Kier alpha value is -1.19. The number of nitrogens with one attached hydrogen (secondary N) is 1. The third-order valence-electron chi connectivity index (χ3n) is 2.85. The largest absolute Gasteiger partial charge is 0.396 e. The van der Waals surface area contributed by atoms with Gasteiger partial charge in [-0.05, 0) is 30.0 Å². The summed E-state index contributed by atoms with van der Waals surface area (Å²) in [5, 5.41) is 6.19. The summed E-state index contributed by atoms with van der Waals surface area (Å²) in [6.07, 6.45) is 2.20. The molecule has 2 aromatic rings. The molecule has 0 fully saturated rings. The number of anilines is 2. The summed E-state index contributed by atoms with van der Waals surface area (Å²) in [4.78, 5) is 1.33. The summed E-state index contributed by atoms with van der Waals surface area (Å²) in [6, 6.07) is 10.2. The second kappa shape index (κ2) is 6.12. The molecule has 1 heterocycles. The molecule has 1 unspecified atom stereocenters. The predicted molar refractivity (Wildman–Crippen MR) is 81.5 cm³/mol. The highest BCUT2D eigenvalue weighted by Crippen LogP contribution is 2.32. The smallest absolute Gasteiger partial charge is 0.0739 e. The number of thiophene rings is 1. The molecule has 0 amide bonds. The minimum absolute atomic E-state index is 0.302. The summed E-state index contributed by atoms with van der Waals surface area (Å²) in [5.74, 6) is 0. The molecule has 0 aliphatic heterocycles. The van der Waals surface area contributed by atoms with Gasteiger partial charge >= 0.3 is 0 Å². The fourth-order valence-electron chi connectivity index (χ4n) is 1.91. The van der Waals surface area contributed by atoms with Crippen molar-refractivity contribution in [1.82, 2.24) is 0 Å². The minimum Gasteiger partial charge on any atom is -0.396 e. The van der Waals surface area contributed by atoms with Crippen molar-refractivity contribution in [3.63, 3.8) is 0 Å². The van der Waals surface area contributed by atoms with Crippen LogP contribution < -0.4 is 11.1 Å². The van der Waals surface area contributed by atoms with E-state index in [1.165, 1.54) is 4.88 Å². The third-order valence-corrected chi connectivity index (χ3v) is 4.16. The molecule has 0 saturated heterocycles. The van der Waals surface area contributed by atoms with Crippen LogP contribution in [0.5, 0.6) is 0 Å². The number of halogens is 1. The zero-order valence-electron chi connectivity index (χ0n) is 10.3. The molecule has 1 aromatic heterocycles. The van der Waals surface area contributed by atoms with E-state index in [0.717, 1.165) is 18.5 Å². The van der Waals surface area contributed by atoms with E-state index in [1.54, 1.807) is 11.3 Å². The highest BCUT2D eigenvalue weighted by Gasteiger charge is 2.13. The second-order valence-electron chi connectivity index (χ2n) is 4.20. The van der Waals surface area contributed by atoms with Crippen LogP contribution in [0.15, 0.2) is 35.7 Å². The number of rotatable bonds is 5. The maximum atomic E-state index is 6.04. The first-order chi connectivity index (χ1) is 8.72. The highest BCUT2D eigenvalue weighted by molar-refractivity contribution is 7.10. The first-order valence-electron chi connectivity index (χ1n) is 6.06. The third kappa shape index (κ3) is 2.98. The summed E-state index contributed by atoms with van der Waals surface area (Å²) in [6.45, 7) is 2.18. The van der Waals surface area contributed by atoms with Crippen molar-refractivity contribution in [3.8, 4) is 0 Å². The molecule has 1 aromatic carbocycles. The molecule has 2 rings (SSSR count). The number of hydrogen-bond donors (Lipinski definition) is 2. The zero-order valence-corrected chi connectivity index (χ0v) is 11.9. The van der Waals surface area contributed by atoms with E-state index in [9.17, 15) is 0 Å². The summed E-state index contributed by atoms with van der Waals surface area (Å²) >= 11 is 7.80. The zero-order chi connectivity index (χ0) is 13.0. The van der Waals surface area contributed by atoms with Gasteiger partial charge in [-0.15, -0.1) is 11.3 Å². The molecule has 0 bridgehead atoms. The molecular formula is C14H17ClN2S. The van der Waals surface area contributed by atoms with E-state index in [0.29, 0.717) is 16.8 Å². The Morgan fingerprint density at radius 3 is 2.83 bits per heavy atom. The minimum atomic E-state index is 0.302. The number of benzene rings is 1. The summed E-state index contributed by atoms with van der Waals surface area (Å²) in [7, 11) is 0. The van der Waals surface area contributed by atoms with E-state index in [2.05, 4.69) is 29.8 Å². The molecule has 0 saturated carbocycles. The second-order valence-corrected chi connectivity index (χ2v) is 5.59. The molecule has 1 atom stereocenters. The van der Waals surface area contributed by atoms with E-state index in [4.69, 9.17) is 17.3 Å². The molecule has 3 N–H and O–H groups in total. The number of nitrogens with two attached hydrogens (primary N) is 1. The van der Waals surface area contributed by atoms with Gasteiger partial charge in [-0.1, -0.05) is 37.1 Å². The van der Waals surface area contributed by atoms with Crippen molar-refractivity contribution in [2.45, 2.75) is 25.8 Å². The lowest BCUT2D eigenvalue weighted by Crippen LogP contribution is -2.10. The fraction of sp³-hybridized carbons (Fsp3) is 0.286. The van der Waals surface area contributed by atoms with Crippen LogP contribution in [0, 0.1) is 0 Å². The van der Waals surface area contributed by atoms with Crippen LogP contribution in [0.2, 0.25) is 5.02 Å². The van der Waals surface area contributed by atoms with Gasteiger partial charge in [0.15, 0.2) is 0 Å². The van der Waals surface area contributed by atoms with E-state index >= 15 is 0 Å². The van der Waals surface area contributed by atoms with Crippen molar-refractivity contribution in [2.24, 2.45) is 0 Å². The Kier molecular flexibility index (Phi) is 4.50. The molecule has 0 radical (unpaired) electrons. The van der Waals surface area contributed by atoms with E-state index < -0.39 is 0 Å². The van der Waals surface area contributed by atoms with Crippen LogP contribution in [0.25, 0.3) is 0 Å². The number of hydrogen-bond acceptors (Lipinski definition) is 3.